The van der Waals surface area contributed by atoms with E-state index in [9.17, 15) is 22.6 Å². The fourth-order valence-electron chi connectivity index (χ4n) is 4.90. The number of rotatable bonds is 5. The standard InChI is InChI=1S/C30H37F2N5O4S/c1-20-24(21-18-33-36(5)19-21)11-12-25(37-15-8-13-30(31,32)14-16-37)26(20)27(38)34-22-9-7-10-23(17-22)42(6,40)35-28(39)41-29(2,3)4/h7,9-12,17-19H,8,13-16H2,1-6H3,(H,34,38)/t42-/m1/s1. The maximum atomic E-state index is 14.2. The second kappa shape index (κ2) is 11.8. The highest BCUT2D eigenvalue weighted by molar-refractivity contribution is 7.93. The van der Waals surface area contributed by atoms with E-state index >= 15 is 0 Å². The van der Waals surface area contributed by atoms with Crippen LogP contribution in [0.15, 0.2) is 58.1 Å². The molecule has 0 aliphatic carbocycles. The van der Waals surface area contributed by atoms with Gasteiger partial charge in [-0.25, -0.2) is 17.8 Å². The second-order valence-electron chi connectivity index (χ2n) is 11.6. The van der Waals surface area contributed by atoms with E-state index in [0.29, 0.717) is 35.5 Å². The Labute approximate surface area is 245 Å². The number of alkyl halides is 2. The first-order valence-electron chi connectivity index (χ1n) is 13.7. The van der Waals surface area contributed by atoms with Crippen molar-refractivity contribution < 1.29 is 27.3 Å². The first-order chi connectivity index (χ1) is 19.5. The van der Waals surface area contributed by atoms with Crippen molar-refractivity contribution in [3.63, 3.8) is 0 Å². The fourth-order valence-corrected chi connectivity index (χ4v) is 6.01. The number of nitrogens with one attached hydrogen (secondary N) is 1. The first-order valence-corrected chi connectivity index (χ1v) is 15.6. The smallest absolute Gasteiger partial charge is 0.442 e. The molecule has 0 unspecified atom stereocenters. The number of nitrogens with zero attached hydrogens (tertiary/aromatic N) is 4. The molecule has 2 heterocycles. The molecule has 0 spiro atoms. The van der Waals surface area contributed by atoms with Crippen LogP contribution < -0.4 is 10.2 Å². The molecule has 0 radical (unpaired) electrons. The number of amides is 2. The van der Waals surface area contributed by atoms with Crippen LogP contribution in [0, 0.1) is 6.92 Å². The maximum absolute atomic E-state index is 14.2. The van der Waals surface area contributed by atoms with Gasteiger partial charge in [-0.05, 0) is 69.5 Å². The highest BCUT2D eigenvalue weighted by atomic mass is 32.2. The molecule has 1 fully saturated rings. The third kappa shape index (κ3) is 7.53. The Kier molecular flexibility index (Phi) is 8.77. The van der Waals surface area contributed by atoms with Gasteiger partial charge in [0.05, 0.1) is 21.5 Å². The molecule has 42 heavy (non-hydrogen) atoms. The number of anilines is 2. The minimum Gasteiger partial charge on any atom is -0.442 e. The van der Waals surface area contributed by atoms with E-state index in [1.54, 1.807) is 63.0 Å². The molecule has 1 N–H and O–H groups in total. The average molecular weight is 602 g/mol. The van der Waals surface area contributed by atoms with Crippen LogP contribution in [-0.4, -0.2) is 56.9 Å². The van der Waals surface area contributed by atoms with Crippen LogP contribution in [0.1, 0.15) is 56.0 Å². The molecule has 3 aromatic rings. The Morgan fingerprint density at radius 2 is 1.88 bits per heavy atom. The fraction of sp³-hybridized carbons (Fsp3) is 0.433. The molecule has 4 rings (SSSR count). The van der Waals surface area contributed by atoms with E-state index in [0.717, 1.165) is 11.1 Å². The summed E-state index contributed by atoms with van der Waals surface area (Å²) in [7, 11) is -1.39. The van der Waals surface area contributed by atoms with E-state index < -0.39 is 33.3 Å². The van der Waals surface area contributed by atoms with Crippen molar-refractivity contribution in [3.8, 4) is 11.1 Å². The number of carbonyl (C=O) groups is 2. The Bertz CT molecular complexity index is 1620. The second-order valence-corrected chi connectivity index (χ2v) is 13.8. The quantitative estimate of drug-likeness (QED) is 0.350. The van der Waals surface area contributed by atoms with Crippen LogP contribution in [0.5, 0.6) is 0 Å². The lowest BCUT2D eigenvalue weighted by Crippen LogP contribution is -2.29. The van der Waals surface area contributed by atoms with Crippen LogP contribution in [-0.2, 0) is 21.5 Å². The molecule has 1 atom stereocenters. The predicted octanol–water partition coefficient (Wildman–Crippen LogP) is 6.67. The number of halogens is 2. The van der Waals surface area contributed by atoms with Crippen molar-refractivity contribution in [2.45, 2.75) is 63.4 Å². The van der Waals surface area contributed by atoms with Crippen LogP contribution in [0.2, 0.25) is 0 Å². The van der Waals surface area contributed by atoms with E-state index in [1.165, 1.54) is 12.3 Å². The molecular weight excluding hydrogens is 564 g/mol. The number of aryl methyl sites for hydroxylation is 1. The summed E-state index contributed by atoms with van der Waals surface area (Å²) in [5, 5.41) is 7.12. The van der Waals surface area contributed by atoms with E-state index in [2.05, 4.69) is 14.8 Å². The molecule has 2 amide bonds. The lowest BCUT2D eigenvalue weighted by molar-refractivity contribution is -0.0102. The highest BCUT2D eigenvalue weighted by Gasteiger charge is 2.33. The summed E-state index contributed by atoms with van der Waals surface area (Å²) in [6.45, 7) is 7.38. The average Bonchev–Trinajstić information content (AvgIpc) is 3.21. The zero-order valence-corrected chi connectivity index (χ0v) is 25.6. The molecule has 226 valence electrons. The van der Waals surface area contributed by atoms with E-state index in [1.807, 2.05) is 24.1 Å². The Balaban J connectivity index is 1.71. The summed E-state index contributed by atoms with van der Waals surface area (Å²) in [4.78, 5) is 28.2. The summed E-state index contributed by atoms with van der Waals surface area (Å²) in [6.07, 6.45) is 3.72. The molecule has 9 nitrogen and oxygen atoms in total. The molecule has 2 aromatic carbocycles. The molecule has 1 aromatic heterocycles. The lowest BCUT2D eigenvalue weighted by Gasteiger charge is -2.27. The van der Waals surface area contributed by atoms with Gasteiger partial charge in [0.2, 0.25) is 5.92 Å². The van der Waals surface area contributed by atoms with Crippen molar-refractivity contribution in [2.24, 2.45) is 11.4 Å². The summed E-state index contributed by atoms with van der Waals surface area (Å²) in [6, 6.07) is 9.98. The van der Waals surface area contributed by atoms with Gasteiger partial charge in [0.15, 0.2) is 0 Å². The maximum Gasteiger partial charge on any atom is 0.442 e. The Morgan fingerprint density at radius 1 is 1.14 bits per heavy atom. The number of carbonyl (C=O) groups excluding carboxylic acids is 2. The molecule has 0 bridgehead atoms. The third-order valence-corrected chi connectivity index (χ3v) is 8.54. The number of hydrogen-bond acceptors (Lipinski definition) is 6. The number of hydrogen-bond donors (Lipinski definition) is 1. The number of ether oxygens (including phenoxy) is 1. The highest BCUT2D eigenvalue weighted by Crippen LogP contribution is 2.36. The number of aromatic nitrogens is 2. The van der Waals surface area contributed by atoms with Crippen molar-refractivity contribution in [3.05, 3.63) is 59.9 Å². The van der Waals surface area contributed by atoms with Gasteiger partial charge in [0, 0.05) is 67.3 Å². The topological polar surface area (TPSA) is 106 Å². The lowest BCUT2D eigenvalue weighted by atomic mass is 9.95. The first kappa shape index (κ1) is 31.1. The SMILES string of the molecule is Cc1c(-c2cnn(C)c2)ccc(N2CCCC(F)(F)CC2)c1C(=O)Nc1cccc([S@@](C)(=O)=NC(=O)OC(C)(C)C)c1. The minimum absolute atomic E-state index is 0.110. The van der Waals surface area contributed by atoms with Crippen LogP contribution in [0.4, 0.5) is 25.0 Å². The summed E-state index contributed by atoms with van der Waals surface area (Å²) in [5.74, 6) is -3.20. The predicted molar refractivity (Wildman–Crippen MR) is 160 cm³/mol. The normalized spacial score (nSPS) is 16.7. The molecule has 1 aliphatic rings. The largest absolute Gasteiger partial charge is 0.442 e. The third-order valence-electron chi connectivity index (χ3n) is 6.92. The van der Waals surface area contributed by atoms with E-state index in [4.69, 9.17) is 4.74 Å². The van der Waals surface area contributed by atoms with Gasteiger partial charge in [-0.3, -0.25) is 9.48 Å². The minimum atomic E-state index is -3.18. The van der Waals surface area contributed by atoms with Crippen molar-refractivity contribution >= 4 is 33.1 Å². The summed E-state index contributed by atoms with van der Waals surface area (Å²) < 4.78 is 52.3. The monoisotopic (exact) mass is 601 g/mol. The summed E-state index contributed by atoms with van der Waals surface area (Å²) in [5.41, 5.74) is 2.73. The molecule has 1 aliphatic heterocycles. The molecule has 0 saturated carbocycles. The number of benzene rings is 2. The van der Waals surface area contributed by atoms with Gasteiger partial charge < -0.3 is 15.0 Å². The van der Waals surface area contributed by atoms with Crippen molar-refractivity contribution in [1.29, 1.82) is 0 Å². The van der Waals surface area contributed by atoms with Crippen molar-refractivity contribution in [1.82, 2.24) is 9.78 Å². The molecule has 1 saturated heterocycles. The van der Waals surface area contributed by atoms with Crippen molar-refractivity contribution in [2.75, 3.05) is 29.6 Å². The summed E-state index contributed by atoms with van der Waals surface area (Å²) >= 11 is 0. The van der Waals surface area contributed by atoms with Crippen LogP contribution >= 0.6 is 0 Å². The molecule has 12 heteroatoms. The van der Waals surface area contributed by atoms with Crippen LogP contribution in [0.3, 0.4) is 0 Å². The van der Waals surface area contributed by atoms with E-state index in [-0.39, 0.29) is 24.3 Å². The van der Waals surface area contributed by atoms with Crippen LogP contribution in [0.25, 0.3) is 11.1 Å². The zero-order valence-electron chi connectivity index (χ0n) is 24.7. The van der Waals surface area contributed by atoms with Gasteiger partial charge in [-0.15, -0.1) is 4.36 Å². The Morgan fingerprint density at radius 3 is 2.55 bits per heavy atom. The molecular formula is C30H37F2N5O4S. The van der Waals surface area contributed by atoms with Gasteiger partial charge in [0.1, 0.15) is 5.60 Å². The van der Waals surface area contributed by atoms with Gasteiger partial charge in [0.25, 0.3) is 5.91 Å². The van der Waals surface area contributed by atoms with Gasteiger partial charge >= 0.3 is 6.09 Å². The van der Waals surface area contributed by atoms with Gasteiger partial charge in [-0.1, -0.05) is 12.1 Å². The zero-order chi connectivity index (χ0) is 30.9. The van der Waals surface area contributed by atoms with Gasteiger partial charge in [-0.2, -0.15) is 5.10 Å². The Hall–Kier alpha value is -3.80.